The van der Waals surface area contributed by atoms with Crippen LogP contribution in [0, 0.1) is 0 Å². The van der Waals surface area contributed by atoms with Crippen molar-refractivity contribution in [2.75, 3.05) is 19.6 Å². The third kappa shape index (κ3) is 3.46. The number of likely N-dealkylation sites (tertiary alicyclic amines) is 1. The minimum absolute atomic E-state index is 0.266. The van der Waals surface area contributed by atoms with E-state index in [4.69, 9.17) is 5.73 Å². The molecule has 0 unspecified atom stereocenters. The number of carbonyl (C=O) groups excluding carboxylic acids is 1. The van der Waals surface area contributed by atoms with Crippen LogP contribution in [0.15, 0.2) is 36.5 Å². The van der Waals surface area contributed by atoms with Gasteiger partial charge < -0.3 is 5.73 Å². The van der Waals surface area contributed by atoms with Gasteiger partial charge in [0.1, 0.15) is 0 Å². The number of hydrogen-bond donors (Lipinski definition) is 1. The molecule has 2 aromatic rings. The van der Waals surface area contributed by atoms with E-state index in [9.17, 15) is 4.79 Å². The van der Waals surface area contributed by atoms with Gasteiger partial charge in [-0.25, -0.2) is 0 Å². The van der Waals surface area contributed by atoms with Crippen LogP contribution in [-0.4, -0.2) is 41.3 Å². The van der Waals surface area contributed by atoms with Crippen molar-refractivity contribution in [2.24, 2.45) is 5.73 Å². The van der Waals surface area contributed by atoms with Gasteiger partial charge in [0.2, 0.25) is 0 Å². The van der Waals surface area contributed by atoms with Crippen molar-refractivity contribution in [3.05, 3.63) is 42.1 Å². The Hall–Kier alpha value is -1.78. The van der Waals surface area contributed by atoms with E-state index in [-0.39, 0.29) is 5.78 Å². The van der Waals surface area contributed by atoms with Crippen molar-refractivity contribution < 1.29 is 4.79 Å². The number of pyridine rings is 1. The second-order valence-electron chi connectivity index (χ2n) is 5.82. The molecular weight excluding hydrogens is 262 g/mol. The molecule has 1 aromatic carbocycles. The van der Waals surface area contributed by atoms with E-state index in [0.29, 0.717) is 19.0 Å². The van der Waals surface area contributed by atoms with E-state index < -0.39 is 0 Å². The number of ketones is 1. The number of hydrogen-bond acceptors (Lipinski definition) is 4. The van der Waals surface area contributed by atoms with Gasteiger partial charge in [0.25, 0.3) is 0 Å². The molecule has 1 aliphatic heterocycles. The first-order valence-corrected chi connectivity index (χ1v) is 7.54. The summed E-state index contributed by atoms with van der Waals surface area (Å²) in [6.45, 7) is 2.40. The number of nitrogens with two attached hydrogens (primary N) is 1. The molecular formula is C17H21N3O. The molecule has 0 saturated carbocycles. The number of para-hydroxylation sites is 1. The molecule has 1 aromatic heterocycles. The Morgan fingerprint density at radius 3 is 2.81 bits per heavy atom. The summed E-state index contributed by atoms with van der Waals surface area (Å²) in [4.78, 5) is 18.9. The number of benzene rings is 1. The molecule has 2 heterocycles. The molecule has 0 atom stereocenters. The molecule has 0 radical (unpaired) electrons. The standard InChI is InChI=1S/C17H21N3O/c18-14-6-9-20(10-7-14)12-15(21)11-13-5-8-19-17-4-2-1-3-16(13)17/h1-5,8,14H,6-7,9-12,18H2. The molecule has 21 heavy (non-hydrogen) atoms. The van der Waals surface area contributed by atoms with Gasteiger partial charge in [0.05, 0.1) is 12.1 Å². The zero-order valence-corrected chi connectivity index (χ0v) is 12.2. The minimum atomic E-state index is 0.266. The Balaban J connectivity index is 1.66. The lowest BCUT2D eigenvalue weighted by molar-refractivity contribution is -0.119. The van der Waals surface area contributed by atoms with Crippen LogP contribution >= 0.6 is 0 Å². The highest BCUT2D eigenvalue weighted by molar-refractivity contribution is 5.89. The van der Waals surface area contributed by atoms with Crippen LogP contribution in [0.25, 0.3) is 10.9 Å². The Bertz CT molecular complexity index is 627. The Kier molecular flexibility index (Phi) is 4.27. The van der Waals surface area contributed by atoms with Crippen molar-refractivity contribution >= 4 is 16.7 Å². The summed E-state index contributed by atoms with van der Waals surface area (Å²) in [5.41, 5.74) is 7.91. The summed E-state index contributed by atoms with van der Waals surface area (Å²) < 4.78 is 0. The van der Waals surface area contributed by atoms with Crippen molar-refractivity contribution in [1.29, 1.82) is 0 Å². The monoisotopic (exact) mass is 283 g/mol. The van der Waals surface area contributed by atoms with E-state index >= 15 is 0 Å². The van der Waals surface area contributed by atoms with Crippen LogP contribution in [-0.2, 0) is 11.2 Å². The number of carbonyl (C=O) groups is 1. The fourth-order valence-electron chi connectivity index (χ4n) is 2.94. The zero-order chi connectivity index (χ0) is 14.7. The van der Waals surface area contributed by atoms with E-state index in [1.807, 2.05) is 30.3 Å². The van der Waals surface area contributed by atoms with E-state index in [2.05, 4.69) is 9.88 Å². The van der Waals surface area contributed by atoms with Crippen LogP contribution < -0.4 is 5.73 Å². The Morgan fingerprint density at radius 1 is 1.24 bits per heavy atom. The second kappa shape index (κ2) is 6.33. The van der Waals surface area contributed by atoms with Crippen molar-refractivity contribution in [2.45, 2.75) is 25.3 Å². The number of fused-ring (bicyclic) bond motifs is 1. The lowest BCUT2D eigenvalue weighted by atomic mass is 10.0. The molecule has 1 aliphatic rings. The molecule has 3 rings (SSSR count). The van der Waals surface area contributed by atoms with Crippen LogP contribution in [0.2, 0.25) is 0 Å². The number of nitrogens with zero attached hydrogens (tertiary/aromatic N) is 2. The smallest absolute Gasteiger partial charge is 0.151 e. The first-order chi connectivity index (χ1) is 10.2. The fourth-order valence-corrected chi connectivity index (χ4v) is 2.94. The maximum absolute atomic E-state index is 12.3. The topological polar surface area (TPSA) is 59.2 Å². The van der Waals surface area contributed by atoms with E-state index in [1.54, 1.807) is 6.20 Å². The van der Waals surface area contributed by atoms with Gasteiger partial charge in [-0.2, -0.15) is 0 Å². The highest BCUT2D eigenvalue weighted by Crippen LogP contribution is 2.17. The second-order valence-corrected chi connectivity index (χ2v) is 5.82. The highest BCUT2D eigenvalue weighted by Gasteiger charge is 2.18. The van der Waals surface area contributed by atoms with E-state index in [1.165, 1.54) is 0 Å². The lowest BCUT2D eigenvalue weighted by Gasteiger charge is -2.29. The first-order valence-electron chi connectivity index (χ1n) is 7.54. The third-order valence-electron chi connectivity index (χ3n) is 4.16. The average Bonchev–Trinajstić information content (AvgIpc) is 2.50. The van der Waals surface area contributed by atoms with Crippen molar-refractivity contribution in [1.82, 2.24) is 9.88 Å². The van der Waals surface area contributed by atoms with Crippen LogP contribution in [0.3, 0.4) is 0 Å². The summed E-state index contributed by atoms with van der Waals surface area (Å²) in [6, 6.07) is 10.2. The first kappa shape index (κ1) is 14.2. The van der Waals surface area contributed by atoms with E-state index in [0.717, 1.165) is 42.4 Å². The number of rotatable bonds is 4. The zero-order valence-electron chi connectivity index (χ0n) is 12.2. The minimum Gasteiger partial charge on any atom is -0.328 e. The van der Waals surface area contributed by atoms with Gasteiger partial charge in [0.15, 0.2) is 5.78 Å². The normalized spacial score (nSPS) is 17.2. The van der Waals surface area contributed by atoms with Gasteiger partial charge in [0, 0.05) is 37.1 Å². The lowest BCUT2D eigenvalue weighted by Crippen LogP contribution is -2.42. The predicted octanol–water partition coefficient (Wildman–Crippen LogP) is 1.77. The number of piperidine rings is 1. The molecule has 4 nitrogen and oxygen atoms in total. The molecule has 0 spiro atoms. The molecule has 2 N–H and O–H groups in total. The summed E-state index contributed by atoms with van der Waals surface area (Å²) >= 11 is 0. The highest BCUT2D eigenvalue weighted by atomic mass is 16.1. The molecule has 1 fully saturated rings. The molecule has 110 valence electrons. The summed E-state index contributed by atoms with van der Waals surface area (Å²) in [6.07, 6.45) is 4.24. The van der Waals surface area contributed by atoms with Gasteiger partial charge in [-0.15, -0.1) is 0 Å². The summed E-state index contributed by atoms with van der Waals surface area (Å²) in [7, 11) is 0. The fraction of sp³-hybridized carbons (Fsp3) is 0.412. The Labute approximate surface area is 125 Å². The third-order valence-corrected chi connectivity index (χ3v) is 4.16. The molecule has 0 amide bonds. The van der Waals surface area contributed by atoms with Crippen molar-refractivity contribution in [3.63, 3.8) is 0 Å². The van der Waals surface area contributed by atoms with Gasteiger partial charge in [-0.05, 0) is 30.5 Å². The molecule has 1 saturated heterocycles. The predicted molar refractivity (Wildman–Crippen MR) is 84.1 cm³/mol. The van der Waals surface area contributed by atoms with Gasteiger partial charge in [-0.1, -0.05) is 18.2 Å². The number of aromatic nitrogens is 1. The summed E-state index contributed by atoms with van der Waals surface area (Å²) in [5, 5.41) is 1.08. The van der Waals surface area contributed by atoms with Crippen LogP contribution in [0.4, 0.5) is 0 Å². The number of Topliss-reactive ketones (excluding diaryl/α,β-unsaturated/α-hetero) is 1. The average molecular weight is 283 g/mol. The largest absolute Gasteiger partial charge is 0.328 e. The SMILES string of the molecule is NC1CCN(CC(=O)Cc2ccnc3ccccc23)CC1. The maximum Gasteiger partial charge on any atom is 0.151 e. The summed E-state index contributed by atoms with van der Waals surface area (Å²) in [5.74, 6) is 0.266. The molecule has 0 aliphatic carbocycles. The molecule has 4 heteroatoms. The van der Waals surface area contributed by atoms with Crippen LogP contribution in [0.1, 0.15) is 18.4 Å². The maximum atomic E-state index is 12.3. The van der Waals surface area contributed by atoms with Crippen molar-refractivity contribution in [3.8, 4) is 0 Å². The quantitative estimate of drug-likeness (QED) is 0.929. The van der Waals surface area contributed by atoms with Gasteiger partial charge in [-0.3, -0.25) is 14.7 Å². The molecule has 0 bridgehead atoms. The van der Waals surface area contributed by atoms with Crippen LogP contribution in [0.5, 0.6) is 0 Å². The Morgan fingerprint density at radius 2 is 2.00 bits per heavy atom. The van der Waals surface area contributed by atoms with Gasteiger partial charge >= 0.3 is 0 Å².